The predicted octanol–water partition coefficient (Wildman–Crippen LogP) is 2.27. The van der Waals surface area contributed by atoms with Gasteiger partial charge in [-0.15, -0.1) is 11.6 Å². The van der Waals surface area contributed by atoms with Crippen molar-refractivity contribution >= 4 is 11.6 Å². The minimum absolute atomic E-state index is 0.536. The summed E-state index contributed by atoms with van der Waals surface area (Å²) in [4.78, 5) is 7.47. The van der Waals surface area contributed by atoms with Crippen LogP contribution in [0.15, 0.2) is 6.20 Å². The Morgan fingerprint density at radius 2 is 2.55 bits per heavy atom. The van der Waals surface area contributed by atoms with Crippen molar-refractivity contribution in [3.05, 3.63) is 17.7 Å². The lowest BCUT2D eigenvalue weighted by atomic mass is 10.3. The number of nitrogens with one attached hydrogen (secondary N) is 1. The number of rotatable bonds is 2. The van der Waals surface area contributed by atoms with Gasteiger partial charge in [0.25, 0.3) is 0 Å². The summed E-state index contributed by atoms with van der Waals surface area (Å²) < 4.78 is 0. The number of hydrogen-bond donors (Lipinski definition) is 1. The summed E-state index contributed by atoms with van der Waals surface area (Å²) in [6.07, 6.45) is 3.10. The number of halogens is 1. The van der Waals surface area contributed by atoms with Crippen LogP contribution in [0.5, 0.6) is 0 Å². The van der Waals surface area contributed by atoms with E-state index in [1.165, 1.54) is 6.42 Å². The lowest BCUT2D eigenvalue weighted by molar-refractivity contribution is 0.860. The minimum Gasteiger partial charge on any atom is -0.345 e. The first-order valence-electron chi connectivity index (χ1n) is 3.91. The van der Waals surface area contributed by atoms with E-state index < -0.39 is 0 Å². The van der Waals surface area contributed by atoms with E-state index in [2.05, 4.69) is 16.9 Å². The fourth-order valence-electron chi connectivity index (χ4n) is 1.34. The topological polar surface area (TPSA) is 28.7 Å². The fraction of sp³-hybridized carbons (Fsp3) is 0.625. The first kappa shape index (κ1) is 7.17. The van der Waals surface area contributed by atoms with Crippen LogP contribution in [0.4, 0.5) is 0 Å². The Morgan fingerprint density at radius 3 is 3.00 bits per heavy atom. The summed E-state index contributed by atoms with van der Waals surface area (Å²) in [5, 5.41) is 0. The molecular formula is C8H11ClN2. The second kappa shape index (κ2) is 2.52. The van der Waals surface area contributed by atoms with Crippen molar-refractivity contribution in [2.75, 3.05) is 0 Å². The molecule has 1 aliphatic rings. The molecule has 3 heteroatoms. The summed E-state index contributed by atoms with van der Waals surface area (Å²) in [6.45, 7) is 2.24. The molecule has 0 aromatic carbocycles. The predicted molar refractivity (Wildman–Crippen MR) is 44.7 cm³/mol. The summed E-state index contributed by atoms with van der Waals surface area (Å²) in [5.41, 5.74) is 1.03. The van der Waals surface area contributed by atoms with Gasteiger partial charge in [0.1, 0.15) is 5.82 Å². The van der Waals surface area contributed by atoms with Gasteiger partial charge in [0.05, 0.1) is 5.88 Å². The third kappa shape index (κ3) is 1.27. The van der Waals surface area contributed by atoms with E-state index in [1.807, 2.05) is 6.20 Å². The van der Waals surface area contributed by atoms with Crippen LogP contribution in [0.3, 0.4) is 0 Å². The van der Waals surface area contributed by atoms with Gasteiger partial charge in [-0.3, -0.25) is 0 Å². The van der Waals surface area contributed by atoms with Crippen molar-refractivity contribution in [1.82, 2.24) is 9.97 Å². The van der Waals surface area contributed by atoms with Crippen LogP contribution in [-0.4, -0.2) is 9.97 Å². The molecule has 1 N–H and O–H groups in total. The lowest BCUT2D eigenvalue weighted by Crippen LogP contribution is -1.84. The van der Waals surface area contributed by atoms with Crippen LogP contribution in [-0.2, 0) is 5.88 Å². The quantitative estimate of drug-likeness (QED) is 0.678. The molecule has 1 heterocycles. The van der Waals surface area contributed by atoms with E-state index in [0.29, 0.717) is 11.8 Å². The highest BCUT2D eigenvalue weighted by Crippen LogP contribution is 2.45. The van der Waals surface area contributed by atoms with E-state index in [0.717, 1.165) is 17.4 Å². The second-order valence-corrected chi connectivity index (χ2v) is 3.51. The molecule has 0 spiro atoms. The molecule has 0 radical (unpaired) electrons. The summed E-state index contributed by atoms with van der Waals surface area (Å²) in [5.74, 6) is 3.14. The maximum absolute atomic E-state index is 5.63. The van der Waals surface area contributed by atoms with Crippen LogP contribution in [0.2, 0.25) is 0 Å². The zero-order valence-corrected chi connectivity index (χ0v) is 7.23. The summed E-state index contributed by atoms with van der Waals surface area (Å²) in [7, 11) is 0. The Kier molecular flexibility index (Phi) is 1.64. The van der Waals surface area contributed by atoms with Gasteiger partial charge in [0, 0.05) is 17.8 Å². The molecule has 2 atom stereocenters. The maximum Gasteiger partial charge on any atom is 0.109 e. The van der Waals surface area contributed by atoms with Gasteiger partial charge in [-0.1, -0.05) is 6.92 Å². The van der Waals surface area contributed by atoms with Crippen molar-refractivity contribution in [3.8, 4) is 0 Å². The molecule has 0 aliphatic heterocycles. The number of aromatic amines is 1. The van der Waals surface area contributed by atoms with Gasteiger partial charge in [0.15, 0.2) is 0 Å². The molecule has 2 nitrogen and oxygen atoms in total. The number of nitrogens with zero attached hydrogens (tertiary/aromatic N) is 1. The van der Waals surface area contributed by atoms with Crippen molar-refractivity contribution in [3.63, 3.8) is 0 Å². The number of alkyl halides is 1. The van der Waals surface area contributed by atoms with E-state index in [4.69, 9.17) is 11.6 Å². The van der Waals surface area contributed by atoms with E-state index in [1.54, 1.807) is 0 Å². The SMILES string of the molecule is CC1CC1c1ncc(CCl)[nH]1. The molecule has 1 aromatic rings. The molecule has 2 rings (SSSR count). The number of hydrogen-bond acceptors (Lipinski definition) is 1. The number of imidazole rings is 1. The Hall–Kier alpha value is -0.500. The average Bonchev–Trinajstić information content (AvgIpc) is 2.59. The Bertz CT molecular complexity index is 256. The standard InChI is InChI=1S/C8H11ClN2/c1-5-2-7(5)8-10-4-6(3-9)11-8/h4-5,7H,2-3H2,1H3,(H,10,11). The third-order valence-corrected chi connectivity index (χ3v) is 2.54. The zero-order chi connectivity index (χ0) is 7.84. The molecule has 1 aromatic heterocycles. The molecule has 0 amide bonds. The largest absolute Gasteiger partial charge is 0.345 e. The van der Waals surface area contributed by atoms with Gasteiger partial charge < -0.3 is 4.98 Å². The van der Waals surface area contributed by atoms with Crippen LogP contribution in [0, 0.1) is 5.92 Å². The smallest absolute Gasteiger partial charge is 0.109 e. The van der Waals surface area contributed by atoms with E-state index in [-0.39, 0.29) is 0 Å². The highest BCUT2D eigenvalue weighted by Gasteiger charge is 2.36. The summed E-state index contributed by atoms with van der Waals surface area (Å²) in [6, 6.07) is 0. The first-order valence-corrected chi connectivity index (χ1v) is 4.44. The van der Waals surface area contributed by atoms with E-state index >= 15 is 0 Å². The average molecular weight is 171 g/mol. The van der Waals surface area contributed by atoms with Crippen molar-refractivity contribution in [2.45, 2.75) is 25.1 Å². The van der Waals surface area contributed by atoms with Crippen LogP contribution >= 0.6 is 11.6 Å². The maximum atomic E-state index is 5.63. The van der Waals surface area contributed by atoms with Crippen molar-refractivity contribution in [1.29, 1.82) is 0 Å². The highest BCUT2D eigenvalue weighted by atomic mass is 35.5. The molecule has 2 unspecified atom stereocenters. The Balaban J connectivity index is 2.13. The van der Waals surface area contributed by atoms with Crippen LogP contribution in [0.1, 0.15) is 30.8 Å². The Morgan fingerprint density at radius 1 is 1.82 bits per heavy atom. The highest BCUT2D eigenvalue weighted by molar-refractivity contribution is 6.16. The number of aromatic nitrogens is 2. The zero-order valence-electron chi connectivity index (χ0n) is 6.47. The normalized spacial score (nSPS) is 28.9. The monoisotopic (exact) mass is 170 g/mol. The number of H-pyrrole nitrogens is 1. The summed E-state index contributed by atoms with van der Waals surface area (Å²) >= 11 is 5.63. The van der Waals surface area contributed by atoms with Crippen LogP contribution in [0.25, 0.3) is 0 Å². The van der Waals surface area contributed by atoms with Crippen molar-refractivity contribution < 1.29 is 0 Å². The molecule has 0 saturated heterocycles. The van der Waals surface area contributed by atoms with Gasteiger partial charge in [0.2, 0.25) is 0 Å². The molecular weight excluding hydrogens is 160 g/mol. The fourth-order valence-corrected chi connectivity index (χ4v) is 1.47. The first-order chi connectivity index (χ1) is 5.31. The molecule has 1 aliphatic carbocycles. The molecule has 1 fully saturated rings. The van der Waals surface area contributed by atoms with Gasteiger partial charge in [-0.2, -0.15) is 0 Å². The molecule has 0 bridgehead atoms. The van der Waals surface area contributed by atoms with E-state index in [9.17, 15) is 0 Å². The van der Waals surface area contributed by atoms with Crippen molar-refractivity contribution in [2.24, 2.45) is 5.92 Å². The molecule has 11 heavy (non-hydrogen) atoms. The molecule has 1 saturated carbocycles. The Labute approximate surface area is 71.0 Å². The lowest BCUT2D eigenvalue weighted by Gasteiger charge is -1.89. The van der Waals surface area contributed by atoms with Gasteiger partial charge >= 0.3 is 0 Å². The van der Waals surface area contributed by atoms with Crippen LogP contribution < -0.4 is 0 Å². The van der Waals surface area contributed by atoms with Gasteiger partial charge in [-0.05, 0) is 12.3 Å². The molecule has 60 valence electrons. The second-order valence-electron chi connectivity index (χ2n) is 3.25. The minimum atomic E-state index is 0.536. The third-order valence-electron chi connectivity index (χ3n) is 2.25. The van der Waals surface area contributed by atoms with Gasteiger partial charge in [-0.25, -0.2) is 4.98 Å².